The number of likely N-dealkylation sites (N-methyl/N-ethyl adjacent to an activating group) is 1. The van der Waals surface area contributed by atoms with Gasteiger partial charge in [-0.15, -0.1) is 0 Å². The summed E-state index contributed by atoms with van der Waals surface area (Å²) in [6.07, 6.45) is 4.46. The van der Waals surface area contributed by atoms with Gasteiger partial charge in [-0.3, -0.25) is 4.90 Å². The van der Waals surface area contributed by atoms with E-state index in [4.69, 9.17) is 4.74 Å². The molecule has 1 aliphatic rings. The van der Waals surface area contributed by atoms with Crippen LogP contribution in [0.25, 0.3) is 5.65 Å². The maximum Gasteiger partial charge on any atom is 0.137 e. The van der Waals surface area contributed by atoms with Gasteiger partial charge in [0.2, 0.25) is 0 Å². The molecule has 108 valence electrons. The Balaban J connectivity index is 1.64. The molecular weight excluding hydrogens is 252 g/mol. The summed E-state index contributed by atoms with van der Waals surface area (Å²) in [5.74, 6) is 0. The highest BCUT2D eigenvalue weighted by molar-refractivity contribution is 5.39. The van der Waals surface area contributed by atoms with E-state index >= 15 is 0 Å². The van der Waals surface area contributed by atoms with Gasteiger partial charge in [-0.1, -0.05) is 6.07 Å². The molecule has 20 heavy (non-hydrogen) atoms. The van der Waals surface area contributed by atoms with Crippen LogP contribution in [0.2, 0.25) is 0 Å². The number of rotatable bonds is 4. The van der Waals surface area contributed by atoms with E-state index in [1.165, 1.54) is 0 Å². The van der Waals surface area contributed by atoms with Gasteiger partial charge in [-0.25, -0.2) is 4.98 Å². The summed E-state index contributed by atoms with van der Waals surface area (Å²) in [4.78, 5) is 9.27. The molecule has 0 saturated carbocycles. The maximum absolute atomic E-state index is 5.81. The number of aromatic nitrogens is 2. The Kier molecular flexibility index (Phi) is 4.00. The van der Waals surface area contributed by atoms with Gasteiger partial charge in [0.1, 0.15) is 5.65 Å². The summed E-state index contributed by atoms with van der Waals surface area (Å²) in [6, 6.07) is 6.09. The number of fused-ring (bicyclic) bond motifs is 1. The normalized spacial score (nSPS) is 20.9. The molecule has 1 atom stereocenters. The molecule has 1 saturated heterocycles. The number of morpholine rings is 1. The maximum atomic E-state index is 5.81. The molecule has 0 amide bonds. The average molecular weight is 274 g/mol. The van der Waals surface area contributed by atoms with Crippen LogP contribution in [-0.2, 0) is 11.3 Å². The van der Waals surface area contributed by atoms with E-state index in [9.17, 15) is 0 Å². The molecular formula is C15H22N4O. The summed E-state index contributed by atoms with van der Waals surface area (Å²) >= 11 is 0. The SMILES string of the molecule is CN(C)C[C@H]1CN(Cc2cn3ccccc3n2)CCO1. The van der Waals surface area contributed by atoms with Crippen molar-refractivity contribution in [2.24, 2.45) is 0 Å². The molecule has 3 heterocycles. The van der Waals surface area contributed by atoms with E-state index in [1.54, 1.807) is 0 Å². The Bertz CT molecular complexity index is 533. The lowest BCUT2D eigenvalue weighted by atomic mass is 10.2. The first-order chi connectivity index (χ1) is 9.70. The Morgan fingerprint density at radius 1 is 1.40 bits per heavy atom. The van der Waals surface area contributed by atoms with Gasteiger partial charge in [0.15, 0.2) is 0 Å². The van der Waals surface area contributed by atoms with Crippen molar-refractivity contribution < 1.29 is 4.74 Å². The Labute approximate surface area is 119 Å². The van der Waals surface area contributed by atoms with Crippen LogP contribution in [0.4, 0.5) is 0 Å². The van der Waals surface area contributed by atoms with Crippen LogP contribution >= 0.6 is 0 Å². The lowest BCUT2D eigenvalue weighted by Crippen LogP contribution is -2.46. The zero-order chi connectivity index (χ0) is 13.9. The number of nitrogens with zero attached hydrogens (tertiary/aromatic N) is 4. The second-order valence-corrected chi connectivity index (χ2v) is 5.69. The van der Waals surface area contributed by atoms with Gasteiger partial charge < -0.3 is 14.0 Å². The third-order valence-electron chi connectivity index (χ3n) is 3.59. The van der Waals surface area contributed by atoms with Crippen molar-refractivity contribution >= 4 is 5.65 Å². The second kappa shape index (κ2) is 5.91. The van der Waals surface area contributed by atoms with Crippen molar-refractivity contribution in [3.05, 3.63) is 36.3 Å². The standard InChI is InChI=1S/C15H22N4O/c1-17(2)11-14-12-18(7-8-20-14)9-13-10-19-6-4-3-5-15(19)16-13/h3-6,10,14H,7-9,11-12H2,1-2H3/t14-/m0/s1. The minimum Gasteiger partial charge on any atom is -0.374 e. The first-order valence-electron chi connectivity index (χ1n) is 7.12. The molecule has 0 radical (unpaired) electrons. The smallest absolute Gasteiger partial charge is 0.137 e. The summed E-state index contributed by atoms with van der Waals surface area (Å²) < 4.78 is 7.88. The Morgan fingerprint density at radius 3 is 3.10 bits per heavy atom. The van der Waals surface area contributed by atoms with Crippen LogP contribution in [0.3, 0.4) is 0 Å². The van der Waals surface area contributed by atoms with Crippen LogP contribution in [0.15, 0.2) is 30.6 Å². The van der Waals surface area contributed by atoms with Crippen molar-refractivity contribution in [2.75, 3.05) is 40.3 Å². The molecule has 2 aromatic heterocycles. The van der Waals surface area contributed by atoms with Crippen LogP contribution in [0, 0.1) is 0 Å². The highest BCUT2D eigenvalue weighted by atomic mass is 16.5. The molecule has 1 aliphatic heterocycles. The fourth-order valence-corrected chi connectivity index (χ4v) is 2.73. The van der Waals surface area contributed by atoms with E-state index in [1.807, 2.05) is 24.4 Å². The zero-order valence-corrected chi connectivity index (χ0v) is 12.2. The van der Waals surface area contributed by atoms with Crippen LogP contribution in [-0.4, -0.2) is 65.6 Å². The summed E-state index contributed by atoms with van der Waals surface area (Å²) in [6.45, 7) is 4.65. The van der Waals surface area contributed by atoms with Crippen molar-refractivity contribution in [1.82, 2.24) is 19.2 Å². The van der Waals surface area contributed by atoms with E-state index in [-0.39, 0.29) is 0 Å². The highest BCUT2D eigenvalue weighted by Crippen LogP contribution is 2.11. The fraction of sp³-hybridized carbons (Fsp3) is 0.533. The third-order valence-corrected chi connectivity index (χ3v) is 3.59. The second-order valence-electron chi connectivity index (χ2n) is 5.69. The topological polar surface area (TPSA) is 33.0 Å². The van der Waals surface area contributed by atoms with Crippen molar-refractivity contribution in [3.63, 3.8) is 0 Å². The van der Waals surface area contributed by atoms with E-state index < -0.39 is 0 Å². The van der Waals surface area contributed by atoms with Gasteiger partial charge in [0.05, 0.1) is 18.4 Å². The molecule has 3 rings (SSSR count). The molecule has 2 aromatic rings. The lowest BCUT2D eigenvalue weighted by Gasteiger charge is -2.33. The summed E-state index contributed by atoms with van der Waals surface area (Å²) in [5.41, 5.74) is 2.14. The van der Waals surface area contributed by atoms with Gasteiger partial charge in [-0.2, -0.15) is 0 Å². The monoisotopic (exact) mass is 274 g/mol. The van der Waals surface area contributed by atoms with Gasteiger partial charge in [-0.05, 0) is 26.2 Å². The minimum atomic E-state index is 0.302. The number of imidazole rings is 1. The Hall–Kier alpha value is -1.43. The first-order valence-corrected chi connectivity index (χ1v) is 7.12. The van der Waals surface area contributed by atoms with E-state index in [2.05, 4.69) is 39.5 Å². The highest BCUT2D eigenvalue weighted by Gasteiger charge is 2.21. The summed E-state index contributed by atoms with van der Waals surface area (Å²) in [5, 5.41) is 0. The summed E-state index contributed by atoms with van der Waals surface area (Å²) in [7, 11) is 4.18. The Morgan fingerprint density at radius 2 is 2.30 bits per heavy atom. The molecule has 0 aliphatic carbocycles. The van der Waals surface area contributed by atoms with Crippen LogP contribution in [0.5, 0.6) is 0 Å². The molecule has 0 bridgehead atoms. The predicted molar refractivity (Wildman–Crippen MR) is 78.8 cm³/mol. The fourth-order valence-electron chi connectivity index (χ4n) is 2.73. The van der Waals surface area contributed by atoms with E-state index in [0.717, 1.165) is 44.1 Å². The molecule has 0 N–H and O–H groups in total. The van der Waals surface area contributed by atoms with Crippen molar-refractivity contribution in [1.29, 1.82) is 0 Å². The van der Waals surface area contributed by atoms with E-state index in [0.29, 0.717) is 6.10 Å². The molecule has 5 heteroatoms. The first kappa shape index (κ1) is 13.5. The molecule has 0 spiro atoms. The van der Waals surface area contributed by atoms with Crippen LogP contribution in [0.1, 0.15) is 5.69 Å². The number of ether oxygens (including phenoxy) is 1. The van der Waals surface area contributed by atoms with Gasteiger partial charge in [0.25, 0.3) is 0 Å². The lowest BCUT2D eigenvalue weighted by molar-refractivity contribution is -0.0409. The number of hydrogen-bond acceptors (Lipinski definition) is 4. The van der Waals surface area contributed by atoms with Crippen LogP contribution < -0.4 is 0 Å². The molecule has 1 fully saturated rings. The third kappa shape index (κ3) is 3.17. The molecule has 0 unspecified atom stereocenters. The predicted octanol–water partition coefficient (Wildman–Crippen LogP) is 1.10. The molecule has 0 aromatic carbocycles. The van der Waals surface area contributed by atoms with Gasteiger partial charge in [0, 0.05) is 38.6 Å². The number of hydrogen-bond donors (Lipinski definition) is 0. The number of pyridine rings is 1. The van der Waals surface area contributed by atoms with Crippen molar-refractivity contribution in [2.45, 2.75) is 12.6 Å². The van der Waals surface area contributed by atoms with Crippen molar-refractivity contribution in [3.8, 4) is 0 Å². The zero-order valence-electron chi connectivity index (χ0n) is 12.2. The minimum absolute atomic E-state index is 0.302. The quantitative estimate of drug-likeness (QED) is 0.836. The molecule has 5 nitrogen and oxygen atoms in total. The average Bonchev–Trinajstić information content (AvgIpc) is 2.80. The van der Waals surface area contributed by atoms with Gasteiger partial charge >= 0.3 is 0 Å². The largest absolute Gasteiger partial charge is 0.374 e.